The molecular formula is C10H12N2. The molecule has 2 nitrogen and oxygen atoms in total. The summed E-state index contributed by atoms with van der Waals surface area (Å²) >= 11 is 0. The van der Waals surface area contributed by atoms with Gasteiger partial charge in [0.25, 0.3) is 0 Å². The Labute approximate surface area is 73.0 Å². The van der Waals surface area contributed by atoms with Crippen LogP contribution in [0.1, 0.15) is 6.92 Å². The van der Waals surface area contributed by atoms with Gasteiger partial charge in [0.2, 0.25) is 0 Å². The van der Waals surface area contributed by atoms with Crippen LogP contribution >= 0.6 is 0 Å². The Kier molecular flexibility index (Phi) is 4.25. The lowest BCUT2D eigenvalue weighted by Gasteiger charge is -2.00. The van der Waals surface area contributed by atoms with Gasteiger partial charge in [-0.25, -0.2) is 0 Å². The molecule has 0 rings (SSSR count). The van der Waals surface area contributed by atoms with Gasteiger partial charge in [-0.2, -0.15) is 5.26 Å². The molecule has 0 aromatic carbocycles. The Morgan fingerprint density at radius 1 is 1.58 bits per heavy atom. The maximum atomic E-state index is 8.50. The molecule has 0 saturated carbocycles. The molecule has 0 bridgehead atoms. The van der Waals surface area contributed by atoms with E-state index < -0.39 is 0 Å². The molecule has 12 heavy (non-hydrogen) atoms. The van der Waals surface area contributed by atoms with E-state index in [1.165, 1.54) is 0 Å². The zero-order valence-corrected chi connectivity index (χ0v) is 7.17. The summed E-state index contributed by atoms with van der Waals surface area (Å²) in [5.41, 5.74) is 6.98. The topological polar surface area (TPSA) is 49.8 Å². The van der Waals surface area contributed by atoms with Gasteiger partial charge in [0.15, 0.2) is 0 Å². The first-order valence-electron chi connectivity index (χ1n) is 3.51. The second-order valence-corrected chi connectivity index (χ2v) is 2.16. The number of hydrogen-bond donors (Lipinski definition) is 1. The van der Waals surface area contributed by atoms with Crippen LogP contribution in [0, 0.1) is 11.3 Å². The first-order chi connectivity index (χ1) is 5.67. The minimum Gasteiger partial charge on any atom is -0.397 e. The first-order valence-corrected chi connectivity index (χ1v) is 3.51. The van der Waals surface area contributed by atoms with Crippen LogP contribution in [0.3, 0.4) is 0 Å². The van der Waals surface area contributed by atoms with Gasteiger partial charge in [-0.1, -0.05) is 31.4 Å². The molecule has 0 unspecified atom stereocenters. The highest BCUT2D eigenvalue weighted by Gasteiger charge is 1.99. The molecule has 0 radical (unpaired) electrons. The molecule has 0 aliphatic carbocycles. The summed E-state index contributed by atoms with van der Waals surface area (Å²) in [7, 11) is 0. The third-order valence-corrected chi connectivity index (χ3v) is 1.34. The molecule has 0 aliphatic heterocycles. The van der Waals surface area contributed by atoms with Gasteiger partial charge in [0.1, 0.15) is 6.07 Å². The van der Waals surface area contributed by atoms with Crippen LogP contribution < -0.4 is 5.73 Å². The number of allylic oxidation sites excluding steroid dienone is 5. The second kappa shape index (κ2) is 4.97. The van der Waals surface area contributed by atoms with Crippen molar-refractivity contribution >= 4 is 0 Å². The molecule has 0 aromatic heterocycles. The Morgan fingerprint density at radius 3 is 2.50 bits per heavy atom. The Balaban J connectivity index is 5.00. The average Bonchev–Trinajstić information content (AvgIpc) is 2.11. The van der Waals surface area contributed by atoms with E-state index in [2.05, 4.69) is 13.2 Å². The lowest BCUT2D eigenvalue weighted by molar-refractivity contribution is 1.31. The molecule has 0 aliphatic rings. The van der Waals surface area contributed by atoms with Crippen molar-refractivity contribution in [3.05, 3.63) is 48.2 Å². The highest BCUT2D eigenvalue weighted by atomic mass is 14.6. The summed E-state index contributed by atoms with van der Waals surface area (Å²) in [4.78, 5) is 0. The summed E-state index contributed by atoms with van der Waals surface area (Å²) in [6.45, 7) is 8.94. The average molecular weight is 160 g/mol. The fraction of sp³-hybridized carbons (Fsp3) is 0.100. The van der Waals surface area contributed by atoms with Crippen LogP contribution in [0.5, 0.6) is 0 Å². The summed E-state index contributed by atoms with van der Waals surface area (Å²) in [6, 6.07) is 1.88. The number of nitrogens with two attached hydrogens (primary N) is 1. The number of hydrogen-bond acceptors (Lipinski definition) is 2. The van der Waals surface area contributed by atoms with E-state index in [9.17, 15) is 0 Å². The van der Waals surface area contributed by atoms with Crippen LogP contribution in [0.4, 0.5) is 0 Å². The molecule has 2 N–H and O–H groups in total. The van der Waals surface area contributed by atoms with Crippen LogP contribution in [-0.2, 0) is 0 Å². The molecule has 0 amide bonds. The van der Waals surface area contributed by atoms with Crippen molar-refractivity contribution in [3.63, 3.8) is 0 Å². The number of nitrogens with zero attached hydrogens (tertiary/aromatic N) is 1. The largest absolute Gasteiger partial charge is 0.397 e. The SMILES string of the molecule is C=CC(/C=C\C)=C(\N)C(=C)C#N. The number of rotatable bonds is 3. The van der Waals surface area contributed by atoms with Crippen LogP contribution in [0.15, 0.2) is 48.2 Å². The highest BCUT2D eigenvalue weighted by Crippen LogP contribution is 2.09. The van der Waals surface area contributed by atoms with Crippen molar-refractivity contribution < 1.29 is 0 Å². The highest BCUT2D eigenvalue weighted by molar-refractivity contribution is 5.47. The van der Waals surface area contributed by atoms with E-state index in [4.69, 9.17) is 11.0 Å². The molecule has 0 atom stereocenters. The van der Waals surface area contributed by atoms with Gasteiger partial charge >= 0.3 is 0 Å². The third kappa shape index (κ3) is 2.47. The molecule has 2 heteroatoms. The second-order valence-electron chi connectivity index (χ2n) is 2.16. The lowest BCUT2D eigenvalue weighted by Crippen LogP contribution is -2.01. The Morgan fingerprint density at radius 2 is 2.17 bits per heavy atom. The monoisotopic (exact) mass is 160 g/mol. The van der Waals surface area contributed by atoms with Gasteiger partial charge in [-0.15, -0.1) is 0 Å². The van der Waals surface area contributed by atoms with Crippen LogP contribution in [-0.4, -0.2) is 0 Å². The molecule has 0 aromatic rings. The number of nitriles is 1. The van der Waals surface area contributed by atoms with E-state index >= 15 is 0 Å². The van der Waals surface area contributed by atoms with E-state index in [0.717, 1.165) is 5.57 Å². The van der Waals surface area contributed by atoms with Gasteiger partial charge in [0.05, 0.1) is 11.3 Å². The first kappa shape index (κ1) is 10.2. The lowest BCUT2D eigenvalue weighted by atomic mass is 10.1. The molecule has 62 valence electrons. The van der Waals surface area contributed by atoms with E-state index in [-0.39, 0.29) is 5.57 Å². The predicted molar refractivity (Wildman–Crippen MR) is 51.0 cm³/mol. The van der Waals surface area contributed by atoms with Crippen LogP contribution in [0.25, 0.3) is 0 Å². The zero-order valence-electron chi connectivity index (χ0n) is 7.17. The normalized spacial score (nSPS) is 12.0. The quantitative estimate of drug-likeness (QED) is 0.507. The van der Waals surface area contributed by atoms with Crippen LogP contribution in [0.2, 0.25) is 0 Å². The fourth-order valence-electron chi connectivity index (χ4n) is 0.682. The Hall–Kier alpha value is -1.75. The summed E-state index contributed by atoms with van der Waals surface area (Å²) in [5.74, 6) is 0. The summed E-state index contributed by atoms with van der Waals surface area (Å²) in [5, 5.41) is 8.50. The van der Waals surface area contributed by atoms with Gasteiger partial charge in [-0.3, -0.25) is 0 Å². The molecule has 0 fully saturated rings. The van der Waals surface area contributed by atoms with Gasteiger partial charge in [0, 0.05) is 0 Å². The maximum Gasteiger partial charge on any atom is 0.101 e. The fourth-order valence-corrected chi connectivity index (χ4v) is 0.682. The standard InChI is InChI=1S/C10H12N2/c1-4-6-9(5-2)10(12)8(3)7-11/h4-6H,2-3,12H2,1H3/b6-4-,10-9+. The minimum atomic E-state index is 0.267. The van der Waals surface area contributed by atoms with Gasteiger partial charge < -0.3 is 5.73 Å². The maximum absolute atomic E-state index is 8.50. The van der Waals surface area contributed by atoms with Gasteiger partial charge in [-0.05, 0) is 12.5 Å². The van der Waals surface area contributed by atoms with Crippen molar-refractivity contribution in [1.29, 1.82) is 5.26 Å². The van der Waals surface area contributed by atoms with Crippen molar-refractivity contribution in [3.8, 4) is 6.07 Å². The molecular weight excluding hydrogens is 148 g/mol. The summed E-state index contributed by atoms with van der Waals surface area (Å²) < 4.78 is 0. The minimum absolute atomic E-state index is 0.267. The smallest absolute Gasteiger partial charge is 0.101 e. The third-order valence-electron chi connectivity index (χ3n) is 1.34. The van der Waals surface area contributed by atoms with Crippen molar-refractivity contribution in [2.24, 2.45) is 5.73 Å². The van der Waals surface area contributed by atoms with E-state index in [1.54, 1.807) is 12.2 Å². The van der Waals surface area contributed by atoms with Crippen molar-refractivity contribution in [2.45, 2.75) is 6.92 Å². The van der Waals surface area contributed by atoms with E-state index in [1.807, 2.05) is 19.1 Å². The summed E-state index contributed by atoms with van der Waals surface area (Å²) in [6.07, 6.45) is 5.21. The molecule has 0 saturated heterocycles. The van der Waals surface area contributed by atoms with E-state index in [0.29, 0.717) is 5.70 Å². The zero-order chi connectivity index (χ0) is 9.56. The molecule has 0 spiro atoms. The predicted octanol–water partition coefficient (Wildman–Crippen LogP) is 2.04. The molecule has 0 heterocycles. The van der Waals surface area contributed by atoms with Crippen molar-refractivity contribution in [2.75, 3.05) is 0 Å². The van der Waals surface area contributed by atoms with Crippen molar-refractivity contribution in [1.82, 2.24) is 0 Å². The Bertz CT molecular complexity index is 287.